The zero-order chi connectivity index (χ0) is 16.2. The van der Waals surface area contributed by atoms with Crippen LogP contribution in [0.2, 0.25) is 0 Å². The van der Waals surface area contributed by atoms with E-state index in [0.717, 1.165) is 5.56 Å². The minimum absolute atomic E-state index is 0.0565. The van der Waals surface area contributed by atoms with Crippen molar-refractivity contribution in [2.45, 2.75) is 12.6 Å². The van der Waals surface area contributed by atoms with Crippen LogP contribution >= 0.6 is 0 Å². The SMILES string of the molecule is O=[N+]([O-])c1cccc(C(O)Cn2nnc(-c3ccccc3)n2)c1. The Morgan fingerprint density at radius 3 is 2.70 bits per heavy atom. The molecule has 0 fully saturated rings. The fourth-order valence-electron chi connectivity index (χ4n) is 2.13. The van der Waals surface area contributed by atoms with Crippen LogP contribution in [-0.4, -0.2) is 30.2 Å². The van der Waals surface area contributed by atoms with E-state index in [1.165, 1.54) is 23.0 Å². The lowest BCUT2D eigenvalue weighted by atomic mass is 10.1. The molecule has 0 amide bonds. The van der Waals surface area contributed by atoms with Crippen molar-refractivity contribution in [2.75, 3.05) is 0 Å². The van der Waals surface area contributed by atoms with Gasteiger partial charge >= 0.3 is 0 Å². The van der Waals surface area contributed by atoms with Crippen molar-refractivity contribution in [3.05, 3.63) is 70.3 Å². The molecule has 0 aliphatic rings. The summed E-state index contributed by atoms with van der Waals surface area (Å²) < 4.78 is 0. The number of non-ortho nitro benzene ring substituents is 1. The Morgan fingerprint density at radius 1 is 1.17 bits per heavy atom. The molecule has 8 heteroatoms. The summed E-state index contributed by atoms with van der Waals surface area (Å²) in [4.78, 5) is 11.5. The Bertz CT molecular complexity index is 819. The minimum atomic E-state index is -0.965. The quantitative estimate of drug-likeness (QED) is 0.570. The molecule has 3 rings (SSSR count). The average molecular weight is 311 g/mol. The molecule has 0 radical (unpaired) electrons. The largest absolute Gasteiger partial charge is 0.386 e. The Morgan fingerprint density at radius 2 is 1.96 bits per heavy atom. The first-order chi connectivity index (χ1) is 11.1. The highest BCUT2D eigenvalue weighted by Crippen LogP contribution is 2.20. The number of nitrogens with zero attached hydrogens (tertiary/aromatic N) is 5. The fraction of sp³-hybridized carbons (Fsp3) is 0.133. The van der Waals surface area contributed by atoms with Crippen LogP contribution < -0.4 is 0 Å². The van der Waals surface area contributed by atoms with Crippen LogP contribution in [0.25, 0.3) is 11.4 Å². The summed E-state index contributed by atoms with van der Waals surface area (Å²) in [5.41, 5.74) is 1.18. The monoisotopic (exact) mass is 311 g/mol. The van der Waals surface area contributed by atoms with Gasteiger partial charge in [0.15, 0.2) is 0 Å². The number of benzene rings is 2. The van der Waals surface area contributed by atoms with Gasteiger partial charge in [-0.3, -0.25) is 10.1 Å². The predicted molar refractivity (Wildman–Crippen MR) is 81.3 cm³/mol. The van der Waals surface area contributed by atoms with E-state index in [4.69, 9.17) is 0 Å². The number of nitro benzene ring substituents is 1. The summed E-state index contributed by atoms with van der Waals surface area (Å²) in [6.07, 6.45) is -0.965. The molecule has 23 heavy (non-hydrogen) atoms. The maximum atomic E-state index is 10.8. The van der Waals surface area contributed by atoms with Gasteiger partial charge in [0.25, 0.3) is 5.69 Å². The third-order valence-corrected chi connectivity index (χ3v) is 3.29. The molecule has 0 bridgehead atoms. The van der Waals surface area contributed by atoms with Crippen molar-refractivity contribution in [3.8, 4) is 11.4 Å². The first-order valence-electron chi connectivity index (χ1n) is 6.89. The number of hydrogen-bond donors (Lipinski definition) is 1. The van der Waals surface area contributed by atoms with Crippen LogP contribution in [0.1, 0.15) is 11.7 Å². The van der Waals surface area contributed by atoms with Gasteiger partial charge in [0.2, 0.25) is 5.82 Å². The molecule has 0 spiro atoms. The fourth-order valence-corrected chi connectivity index (χ4v) is 2.13. The molecule has 1 N–H and O–H groups in total. The molecule has 1 atom stereocenters. The number of aromatic nitrogens is 4. The lowest BCUT2D eigenvalue weighted by molar-refractivity contribution is -0.385. The van der Waals surface area contributed by atoms with Crippen LogP contribution in [-0.2, 0) is 6.54 Å². The van der Waals surface area contributed by atoms with Gasteiger partial charge in [-0.05, 0) is 10.8 Å². The molecule has 3 aromatic rings. The van der Waals surface area contributed by atoms with Crippen molar-refractivity contribution in [2.24, 2.45) is 0 Å². The summed E-state index contributed by atoms with van der Waals surface area (Å²) in [6, 6.07) is 15.2. The zero-order valence-corrected chi connectivity index (χ0v) is 12.0. The number of nitro groups is 1. The molecule has 1 aromatic heterocycles. The van der Waals surface area contributed by atoms with E-state index in [1.807, 2.05) is 30.3 Å². The van der Waals surface area contributed by atoms with Crippen molar-refractivity contribution in [3.63, 3.8) is 0 Å². The maximum absolute atomic E-state index is 10.8. The van der Waals surface area contributed by atoms with Crippen molar-refractivity contribution in [1.29, 1.82) is 0 Å². The molecule has 0 aliphatic carbocycles. The Balaban J connectivity index is 1.76. The van der Waals surface area contributed by atoms with Crippen LogP contribution in [0.5, 0.6) is 0 Å². The second kappa shape index (κ2) is 6.32. The van der Waals surface area contributed by atoms with E-state index >= 15 is 0 Å². The first-order valence-corrected chi connectivity index (χ1v) is 6.89. The van der Waals surface area contributed by atoms with E-state index in [0.29, 0.717) is 11.4 Å². The topological polar surface area (TPSA) is 107 Å². The first kappa shape index (κ1) is 14.8. The third kappa shape index (κ3) is 3.38. The normalized spacial score (nSPS) is 12.0. The molecular formula is C15H13N5O3. The van der Waals surface area contributed by atoms with Crippen LogP contribution in [0, 0.1) is 10.1 Å². The smallest absolute Gasteiger partial charge is 0.269 e. The predicted octanol–water partition coefficient (Wildman–Crippen LogP) is 1.98. The molecule has 8 nitrogen and oxygen atoms in total. The van der Waals surface area contributed by atoms with E-state index < -0.39 is 11.0 Å². The lowest BCUT2D eigenvalue weighted by Gasteiger charge is -2.09. The van der Waals surface area contributed by atoms with Crippen LogP contribution in [0.15, 0.2) is 54.6 Å². The van der Waals surface area contributed by atoms with Gasteiger partial charge in [-0.25, -0.2) is 0 Å². The third-order valence-electron chi connectivity index (χ3n) is 3.29. The van der Waals surface area contributed by atoms with Gasteiger partial charge < -0.3 is 5.11 Å². The lowest BCUT2D eigenvalue weighted by Crippen LogP contribution is -2.11. The molecule has 0 saturated heterocycles. The molecule has 116 valence electrons. The van der Waals surface area contributed by atoms with E-state index in [-0.39, 0.29) is 12.2 Å². The number of rotatable bonds is 5. The van der Waals surface area contributed by atoms with Crippen LogP contribution in [0.4, 0.5) is 5.69 Å². The highest BCUT2D eigenvalue weighted by Gasteiger charge is 2.15. The van der Waals surface area contributed by atoms with Crippen molar-refractivity contribution in [1.82, 2.24) is 20.2 Å². The minimum Gasteiger partial charge on any atom is -0.386 e. The Labute approximate surface area is 131 Å². The van der Waals surface area contributed by atoms with Crippen molar-refractivity contribution >= 4 is 5.69 Å². The number of hydrogen-bond acceptors (Lipinski definition) is 6. The summed E-state index contributed by atoms with van der Waals surface area (Å²) in [5.74, 6) is 0.455. The molecule has 2 aromatic carbocycles. The number of tetrazole rings is 1. The Kier molecular flexibility index (Phi) is 4.07. The summed E-state index contributed by atoms with van der Waals surface area (Å²) >= 11 is 0. The number of aliphatic hydroxyl groups is 1. The Hall–Kier alpha value is -3.13. The second-order valence-electron chi connectivity index (χ2n) is 4.90. The van der Waals surface area contributed by atoms with Gasteiger partial charge in [-0.2, -0.15) is 4.80 Å². The van der Waals surface area contributed by atoms with E-state index in [2.05, 4.69) is 15.4 Å². The standard InChI is InChI=1S/C15H13N5O3/c21-14(12-7-4-8-13(9-12)20(22)23)10-19-17-15(16-18-19)11-5-2-1-3-6-11/h1-9,14,21H,10H2. The van der Waals surface area contributed by atoms with E-state index in [9.17, 15) is 15.2 Å². The van der Waals surface area contributed by atoms with Crippen molar-refractivity contribution < 1.29 is 10.0 Å². The van der Waals surface area contributed by atoms with Gasteiger partial charge in [0.1, 0.15) is 6.10 Å². The van der Waals surface area contributed by atoms with E-state index in [1.54, 1.807) is 6.07 Å². The van der Waals surface area contributed by atoms with Gasteiger partial charge in [-0.15, -0.1) is 10.2 Å². The van der Waals surface area contributed by atoms with Gasteiger partial charge in [0.05, 0.1) is 11.5 Å². The average Bonchev–Trinajstić information content (AvgIpc) is 3.04. The second-order valence-corrected chi connectivity index (χ2v) is 4.90. The molecule has 1 heterocycles. The molecular weight excluding hydrogens is 298 g/mol. The summed E-state index contributed by atoms with van der Waals surface area (Å²) in [6.45, 7) is 0.0565. The van der Waals surface area contributed by atoms with Gasteiger partial charge in [0, 0.05) is 17.7 Å². The zero-order valence-electron chi connectivity index (χ0n) is 12.0. The summed E-state index contributed by atoms with van der Waals surface area (Å²) in [7, 11) is 0. The van der Waals surface area contributed by atoms with Gasteiger partial charge in [-0.1, -0.05) is 42.5 Å². The highest BCUT2D eigenvalue weighted by molar-refractivity contribution is 5.52. The van der Waals surface area contributed by atoms with Crippen LogP contribution in [0.3, 0.4) is 0 Å². The number of aliphatic hydroxyl groups excluding tert-OH is 1. The molecule has 0 aliphatic heterocycles. The molecule has 0 saturated carbocycles. The highest BCUT2D eigenvalue weighted by atomic mass is 16.6. The molecule has 1 unspecified atom stereocenters. The summed E-state index contributed by atoms with van der Waals surface area (Å²) in [5, 5.41) is 33.0. The maximum Gasteiger partial charge on any atom is 0.269 e.